The van der Waals surface area contributed by atoms with Crippen molar-refractivity contribution in [1.82, 2.24) is 10.3 Å². The van der Waals surface area contributed by atoms with Crippen LogP contribution in [0.4, 0.5) is 0 Å². The summed E-state index contributed by atoms with van der Waals surface area (Å²) in [5.41, 5.74) is 0.577. The molecule has 1 aromatic heterocycles. The smallest absolute Gasteiger partial charge is 0.248 e. The van der Waals surface area contributed by atoms with Gasteiger partial charge in [0.25, 0.3) is 0 Å². The number of nitrogens with one attached hydrogen (secondary N) is 2. The maximum Gasteiger partial charge on any atom is 0.248 e. The number of H-pyrrole nitrogens is 1. The van der Waals surface area contributed by atoms with Crippen LogP contribution in [0.5, 0.6) is 0 Å². The second-order valence-corrected chi connectivity index (χ2v) is 4.92. The number of pyridine rings is 1. The van der Waals surface area contributed by atoms with Crippen molar-refractivity contribution in [3.63, 3.8) is 0 Å². The molecule has 0 spiro atoms. The fourth-order valence-electron chi connectivity index (χ4n) is 1.85. The summed E-state index contributed by atoms with van der Waals surface area (Å²) in [5.74, 6) is -0.361. The summed E-state index contributed by atoms with van der Waals surface area (Å²) in [6.45, 7) is 5.50. The summed E-state index contributed by atoms with van der Waals surface area (Å²) < 4.78 is 0. The normalized spacial score (nSPS) is 15.6. The maximum atomic E-state index is 12.0. The van der Waals surface area contributed by atoms with Crippen LogP contribution in [0.3, 0.4) is 0 Å². The van der Waals surface area contributed by atoms with Crippen molar-refractivity contribution < 1.29 is 9.90 Å². The average Bonchev–Trinajstić information content (AvgIpc) is 2.38. The lowest BCUT2D eigenvalue weighted by Crippen LogP contribution is -2.33. The molecule has 1 aromatic rings. The first kappa shape index (κ1) is 15.4. The SMILES string of the molecule is CCC(O)CC(C)C(=O)NC(C)c1cc[nH]c(=O)c1. The van der Waals surface area contributed by atoms with E-state index in [4.69, 9.17) is 0 Å². The number of carbonyl (C=O) groups is 1. The van der Waals surface area contributed by atoms with Crippen molar-refractivity contribution in [2.75, 3.05) is 0 Å². The second kappa shape index (κ2) is 7.09. The summed E-state index contributed by atoms with van der Waals surface area (Å²) in [4.78, 5) is 25.7. The van der Waals surface area contributed by atoms with Gasteiger partial charge in [-0.2, -0.15) is 0 Å². The van der Waals surface area contributed by atoms with Gasteiger partial charge in [0.1, 0.15) is 0 Å². The molecule has 3 N–H and O–H groups in total. The molecule has 5 heteroatoms. The summed E-state index contributed by atoms with van der Waals surface area (Å²) in [6, 6.07) is 3.00. The zero-order chi connectivity index (χ0) is 14.4. The molecule has 1 heterocycles. The number of aromatic amines is 1. The molecule has 0 bridgehead atoms. The molecular formula is C14H22N2O3. The third kappa shape index (κ3) is 4.87. The van der Waals surface area contributed by atoms with Crippen LogP contribution in [0.2, 0.25) is 0 Å². The number of hydrogen-bond acceptors (Lipinski definition) is 3. The van der Waals surface area contributed by atoms with Gasteiger partial charge in [0.2, 0.25) is 11.5 Å². The second-order valence-electron chi connectivity index (χ2n) is 4.92. The average molecular weight is 266 g/mol. The Morgan fingerprint density at radius 3 is 2.74 bits per heavy atom. The number of hydrogen-bond donors (Lipinski definition) is 3. The summed E-state index contributed by atoms with van der Waals surface area (Å²) in [7, 11) is 0. The monoisotopic (exact) mass is 266 g/mol. The fourth-order valence-corrected chi connectivity index (χ4v) is 1.85. The van der Waals surface area contributed by atoms with E-state index in [-0.39, 0.29) is 23.4 Å². The van der Waals surface area contributed by atoms with Gasteiger partial charge in [-0.05, 0) is 31.4 Å². The van der Waals surface area contributed by atoms with Crippen molar-refractivity contribution in [2.24, 2.45) is 5.92 Å². The van der Waals surface area contributed by atoms with Crippen LogP contribution in [0.1, 0.15) is 45.2 Å². The Kier molecular flexibility index (Phi) is 5.76. The molecule has 0 aromatic carbocycles. The Hall–Kier alpha value is -1.62. The molecule has 0 aliphatic carbocycles. The summed E-state index contributed by atoms with van der Waals surface area (Å²) in [6.07, 6.45) is 2.20. The minimum atomic E-state index is -0.448. The number of rotatable bonds is 6. The lowest BCUT2D eigenvalue weighted by atomic mass is 10.0. The van der Waals surface area contributed by atoms with E-state index in [2.05, 4.69) is 10.3 Å². The van der Waals surface area contributed by atoms with Crippen LogP contribution < -0.4 is 10.9 Å². The lowest BCUT2D eigenvalue weighted by Gasteiger charge is -2.19. The van der Waals surface area contributed by atoms with Gasteiger partial charge in [0, 0.05) is 18.2 Å². The van der Waals surface area contributed by atoms with E-state index in [0.717, 1.165) is 5.56 Å². The van der Waals surface area contributed by atoms with Gasteiger partial charge in [0.05, 0.1) is 12.1 Å². The molecule has 0 fully saturated rings. The van der Waals surface area contributed by atoms with Crippen LogP contribution >= 0.6 is 0 Å². The molecule has 0 aliphatic rings. The lowest BCUT2D eigenvalue weighted by molar-refractivity contribution is -0.126. The number of aliphatic hydroxyl groups excluding tert-OH is 1. The van der Waals surface area contributed by atoms with Gasteiger partial charge in [-0.1, -0.05) is 13.8 Å². The largest absolute Gasteiger partial charge is 0.393 e. The zero-order valence-corrected chi connectivity index (χ0v) is 11.6. The standard InChI is InChI=1S/C14H22N2O3/c1-4-12(17)7-9(2)14(19)16-10(3)11-5-6-15-13(18)8-11/h5-6,8-10,12,17H,4,7H2,1-3H3,(H,15,18)(H,16,19). The number of amides is 1. The first-order chi connectivity index (χ1) is 8.93. The zero-order valence-electron chi connectivity index (χ0n) is 11.6. The van der Waals surface area contributed by atoms with Gasteiger partial charge < -0.3 is 15.4 Å². The van der Waals surface area contributed by atoms with Gasteiger partial charge in [-0.3, -0.25) is 9.59 Å². The minimum absolute atomic E-state index is 0.111. The van der Waals surface area contributed by atoms with Crippen LogP contribution in [0.25, 0.3) is 0 Å². The molecule has 3 atom stereocenters. The third-order valence-corrected chi connectivity index (χ3v) is 3.20. The predicted octanol–water partition coefficient (Wildman–Crippen LogP) is 1.35. The molecule has 0 radical (unpaired) electrons. The first-order valence-electron chi connectivity index (χ1n) is 6.61. The minimum Gasteiger partial charge on any atom is -0.393 e. The topological polar surface area (TPSA) is 82.2 Å². The van der Waals surface area contributed by atoms with Gasteiger partial charge >= 0.3 is 0 Å². The fraction of sp³-hybridized carbons (Fsp3) is 0.571. The molecule has 19 heavy (non-hydrogen) atoms. The van der Waals surface area contributed by atoms with Crippen molar-refractivity contribution in [3.05, 3.63) is 34.2 Å². The molecular weight excluding hydrogens is 244 g/mol. The highest BCUT2D eigenvalue weighted by Gasteiger charge is 2.18. The van der Waals surface area contributed by atoms with Crippen LogP contribution in [-0.2, 0) is 4.79 Å². The van der Waals surface area contributed by atoms with Crippen molar-refractivity contribution in [3.8, 4) is 0 Å². The third-order valence-electron chi connectivity index (χ3n) is 3.20. The molecule has 0 saturated carbocycles. The Morgan fingerprint density at radius 1 is 1.47 bits per heavy atom. The van der Waals surface area contributed by atoms with E-state index in [1.807, 2.05) is 13.8 Å². The molecule has 0 saturated heterocycles. The van der Waals surface area contributed by atoms with Crippen molar-refractivity contribution in [2.45, 2.75) is 45.8 Å². The summed E-state index contributed by atoms with van der Waals surface area (Å²) in [5, 5.41) is 12.4. The quantitative estimate of drug-likeness (QED) is 0.727. The van der Waals surface area contributed by atoms with E-state index < -0.39 is 6.10 Å². The highest BCUT2D eigenvalue weighted by Crippen LogP contribution is 2.13. The van der Waals surface area contributed by atoms with E-state index in [0.29, 0.717) is 12.8 Å². The van der Waals surface area contributed by atoms with E-state index in [1.54, 1.807) is 19.2 Å². The Balaban J connectivity index is 2.59. The van der Waals surface area contributed by atoms with Crippen molar-refractivity contribution >= 4 is 5.91 Å². The molecule has 1 rings (SSSR count). The predicted molar refractivity (Wildman–Crippen MR) is 73.7 cm³/mol. The molecule has 3 unspecified atom stereocenters. The number of carbonyl (C=O) groups excluding carboxylic acids is 1. The highest BCUT2D eigenvalue weighted by atomic mass is 16.3. The Bertz CT molecular complexity index is 470. The Labute approximate surface area is 113 Å². The Morgan fingerprint density at radius 2 is 2.16 bits per heavy atom. The molecule has 5 nitrogen and oxygen atoms in total. The molecule has 0 aliphatic heterocycles. The molecule has 106 valence electrons. The van der Waals surface area contributed by atoms with Crippen LogP contribution in [0.15, 0.2) is 23.1 Å². The van der Waals surface area contributed by atoms with E-state index >= 15 is 0 Å². The van der Waals surface area contributed by atoms with Crippen LogP contribution in [0, 0.1) is 5.92 Å². The van der Waals surface area contributed by atoms with Gasteiger partial charge in [-0.15, -0.1) is 0 Å². The first-order valence-corrected chi connectivity index (χ1v) is 6.61. The molecule has 1 amide bonds. The van der Waals surface area contributed by atoms with Gasteiger partial charge in [0.15, 0.2) is 0 Å². The van der Waals surface area contributed by atoms with E-state index in [9.17, 15) is 14.7 Å². The highest BCUT2D eigenvalue weighted by molar-refractivity contribution is 5.78. The van der Waals surface area contributed by atoms with Crippen molar-refractivity contribution in [1.29, 1.82) is 0 Å². The van der Waals surface area contributed by atoms with E-state index in [1.165, 1.54) is 6.07 Å². The summed E-state index contributed by atoms with van der Waals surface area (Å²) >= 11 is 0. The van der Waals surface area contributed by atoms with Crippen LogP contribution in [-0.4, -0.2) is 22.1 Å². The number of aromatic nitrogens is 1. The maximum absolute atomic E-state index is 12.0. The number of aliphatic hydroxyl groups is 1. The van der Waals surface area contributed by atoms with Gasteiger partial charge in [-0.25, -0.2) is 0 Å².